The second-order valence-electron chi connectivity index (χ2n) is 10.3. The van der Waals surface area contributed by atoms with Gasteiger partial charge >= 0.3 is 6.18 Å². The van der Waals surface area contributed by atoms with Crippen molar-refractivity contribution in [1.29, 1.82) is 0 Å². The minimum Gasteiger partial charge on any atom is -0.492 e. The van der Waals surface area contributed by atoms with Gasteiger partial charge in [0.1, 0.15) is 29.4 Å². The lowest BCUT2D eigenvalue weighted by molar-refractivity contribution is -0.141. The molecule has 0 atom stereocenters. The third-order valence-corrected chi connectivity index (χ3v) is 7.37. The second-order valence-corrected chi connectivity index (χ2v) is 10.3. The fourth-order valence-corrected chi connectivity index (χ4v) is 4.97. The molecule has 5 heterocycles. The zero-order valence-corrected chi connectivity index (χ0v) is 22.9. The second kappa shape index (κ2) is 11.4. The maximum atomic E-state index is 13.3. The van der Waals surface area contributed by atoms with E-state index >= 15 is 0 Å². The molecule has 1 N–H and O–H groups in total. The molecular formula is C29H29F3N8O2. The monoisotopic (exact) mass is 578 g/mol. The van der Waals surface area contributed by atoms with Gasteiger partial charge in [0.05, 0.1) is 30.1 Å². The third kappa shape index (κ3) is 5.92. The van der Waals surface area contributed by atoms with E-state index in [9.17, 15) is 18.0 Å². The molecule has 0 unspecified atom stereocenters. The molecule has 10 nitrogen and oxygen atoms in total. The van der Waals surface area contributed by atoms with Crippen LogP contribution in [-0.2, 0) is 12.7 Å². The molecule has 0 radical (unpaired) electrons. The lowest BCUT2D eigenvalue weighted by Crippen LogP contribution is -2.45. The zero-order chi connectivity index (χ0) is 29.3. The fourth-order valence-electron chi connectivity index (χ4n) is 4.97. The summed E-state index contributed by atoms with van der Waals surface area (Å²) in [6.45, 7) is 5.82. The number of alkyl halides is 3. The van der Waals surface area contributed by atoms with E-state index in [1.54, 1.807) is 33.6 Å². The Balaban J connectivity index is 1.12. The molecule has 218 valence electrons. The minimum absolute atomic E-state index is 0.221. The molecular weight excluding hydrogens is 549 g/mol. The molecule has 6 rings (SSSR count). The van der Waals surface area contributed by atoms with E-state index < -0.39 is 11.9 Å². The molecule has 13 heteroatoms. The van der Waals surface area contributed by atoms with Gasteiger partial charge in [0, 0.05) is 56.6 Å². The Hall–Kier alpha value is -4.49. The first kappa shape index (κ1) is 27.7. The summed E-state index contributed by atoms with van der Waals surface area (Å²) in [7, 11) is 2.13. The van der Waals surface area contributed by atoms with Gasteiger partial charge in [0.25, 0.3) is 5.91 Å². The highest BCUT2D eigenvalue weighted by Crippen LogP contribution is 2.28. The van der Waals surface area contributed by atoms with E-state index in [-0.39, 0.29) is 12.5 Å². The van der Waals surface area contributed by atoms with Crippen LogP contribution in [0.1, 0.15) is 21.7 Å². The van der Waals surface area contributed by atoms with Crippen LogP contribution >= 0.6 is 0 Å². The van der Waals surface area contributed by atoms with Crippen molar-refractivity contribution >= 4 is 28.1 Å². The van der Waals surface area contributed by atoms with Crippen LogP contribution in [0.3, 0.4) is 0 Å². The number of imidazole rings is 1. The molecule has 1 aliphatic heterocycles. The Kier molecular flexibility index (Phi) is 7.52. The van der Waals surface area contributed by atoms with Crippen molar-refractivity contribution in [3.63, 3.8) is 0 Å². The van der Waals surface area contributed by atoms with Gasteiger partial charge in [-0.25, -0.2) is 4.98 Å². The number of nitrogens with one attached hydrogen (secondary N) is 1. The predicted octanol–water partition coefficient (Wildman–Crippen LogP) is 4.02. The van der Waals surface area contributed by atoms with Gasteiger partial charge < -0.3 is 15.0 Å². The van der Waals surface area contributed by atoms with Crippen molar-refractivity contribution in [2.45, 2.75) is 12.7 Å². The fraction of sp³-hybridized carbons (Fsp3) is 0.310. The first-order valence-corrected chi connectivity index (χ1v) is 13.5. The van der Waals surface area contributed by atoms with Crippen molar-refractivity contribution in [1.82, 2.24) is 33.9 Å². The van der Waals surface area contributed by atoms with Crippen molar-refractivity contribution < 1.29 is 22.7 Å². The molecule has 0 aliphatic carbocycles. The van der Waals surface area contributed by atoms with Crippen molar-refractivity contribution in [2.24, 2.45) is 0 Å². The lowest BCUT2D eigenvalue weighted by atomic mass is 10.2. The molecule has 1 amide bonds. The van der Waals surface area contributed by atoms with Gasteiger partial charge in [0.15, 0.2) is 0 Å². The number of halogens is 3. The summed E-state index contributed by atoms with van der Waals surface area (Å²) in [5.74, 6) is 0.341. The Morgan fingerprint density at radius 1 is 1.02 bits per heavy atom. The molecule has 0 bridgehead atoms. The number of hydrogen-bond acceptors (Lipinski definition) is 7. The van der Waals surface area contributed by atoms with Crippen molar-refractivity contribution in [2.75, 3.05) is 51.7 Å². The highest BCUT2D eigenvalue weighted by molar-refractivity contribution is 6.08. The summed E-state index contributed by atoms with van der Waals surface area (Å²) in [6, 6.07) is 11.3. The number of ether oxygens (including phenoxy) is 1. The number of rotatable bonds is 8. The number of aromatic nitrogens is 5. The topological polar surface area (TPSA) is 92.8 Å². The standard InChI is InChI=1S/C29H29F3N8O2/c1-37-9-11-38(12-10-37)13-14-42-21-7-8-39-25(18-34-27(39)15-21)28(41)36-23-3-2-4-24-22(23)17-35-40(24)19-20-5-6-26(33-16-20)29(30,31)32/h2-8,15-18H,9-14,19H2,1H3,(H,36,41). The number of nitrogens with zero attached hydrogens (tertiary/aromatic N) is 7. The molecule has 4 aromatic heterocycles. The molecule has 1 aromatic carbocycles. The molecule has 1 saturated heterocycles. The smallest absolute Gasteiger partial charge is 0.433 e. The largest absolute Gasteiger partial charge is 0.492 e. The SMILES string of the molecule is CN1CCN(CCOc2ccn3c(C(=O)Nc4cccc5c4cnn5Cc4ccc(C(F)(F)F)nc4)cnc3c2)CC1. The number of piperazine rings is 1. The van der Waals surface area contributed by atoms with Gasteiger partial charge in [-0.2, -0.15) is 18.3 Å². The van der Waals surface area contributed by atoms with Crippen LogP contribution in [0.5, 0.6) is 5.75 Å². The molecule has 1 aliphatic rings. The molecule has 42 heavy (non-hydrogen) atoms. The maximum Gasteiger partial charge on any atom is 0.433 e. The van der Waals surface area contributed by atoms with E-state index in [4.69, 9.17) is 4.74 Å². The summed E-state index contributed by atoms with van der Waals surface area (Å²) < 4.78 is 47.8. The molecule has 0 spiro atoms. The predicted molar refractivity (Wildman–Crippen MR) is 151 cm³/mol. The first-order chi connectivity index (χ1) is 20.2. The van der Waals surface area contributed by atoms with E-state index in [0.29, 0.717) is 45.9 Å². The minimum atomic E-state index is -4.49. The zero-order valence-electron chi connectivity index (χ0n) is 22.9. The van der Waals surface area contributed by atoms with E-state index in [1.165, 1.54) is 18.5 Å². The number of carbonyl (C=O) groups is 1. The lowest BCUT2D eigenvalue weighted by Gasteiger charge is -2.32. The van der Waals surface area contributed by atoms with Crippen LogP contribution in [0, 0.1) is 0 Å². The Morgan fingerprint density at radius 2 is 1.86 bits per heavy atom. The molecule has 0 saturated carbocycles. The highest BCUT2D eigenvalue weighted by atomic mass is 19.4. The maximum absolute atomic E-state index is 13.3. The number of fused-ring (bicyclic) bond motifs is 2. The quantitative estimate of drug-likeness (QED) is 0.297. The summed E-state index contributed by atoms with van der Waals surface area (Å²) in [5.41, 5.74) is 1.83. The van der Waals surface area contributed by atoms with Crippen LogP contribution < -0.4 is 10.1 Å². The summed E-state index contributed by atoms with van der Waals surface area (Å²) in [5, 5.41) is 8.02. The van der Waals surface area contributed by atoms with Gasteiger partial charge in [-0.1, -0.05) is 12.1 Å². The number of likely N-dealkylation sites (N-methyl/N-ethyl adjacent to an activating group) is 1. The summed E-state index contributed by atoms with van der Waals surface area (Å²) >= 11 is 0. The average molecular weight is 579 g/mol. The third-order valence-electron chi connectivity index (χ3n) is 7.37. The van der Waals surface area contributed by atoms with Crippen LogP contribution in [0.2, 0.25) is 0 Å². The Morgan fingerprint density at radius 3 is 2.62 bits per heavy atom. The summed E-state index contributed by atoms with van der Waals surface area (Å²) in [6.07, 6.45) is 1.59. The van der Waals surface area contributed by atoms with Crippen LogP contribution in [-0.4, -0.2) is 86.2 Å². The van der Waals surface area contributed by atoms with E-state index in [0.717, 1.165) is 38.8 Å². The van der Waals surface area contributed by atoms with Crippen LogP contribution in [0.15, 0.2) is 67.3 Å². The number of hydrogen-bond donors (Lipinski definition) is 1. The first-order valence-electron chi connectivity index (χ1n) is 13.5. The Bertz CT molecular complexity index is 1710. The van der Waals surface area contributed by atoms with Crippen LogP contribution in [0.4, 0.5) is 18.9 Å². The van der Waals surface area contributed by atoms with E-state index in [2.05, 4.69) is 37.2 Å². The van der Waals surface area contributed by atoms with Crippen LogP contribution in [0.25, 0.3) is 16.6 Å². The van der Waals surface area contributed by atoms with Crippen molar-refractivity contribution in [3.8, 4) is 5.75 Å². The number of anilines is 1. The number of carbonyl (C=O) groups excluding carboxylic acids is 1. The normalized spacial score (nSPS) is 15.0. The summed E-state index contributed by atoms with van der Waals surface area (Å²) in [4.78, 5) is 25.9. The highest BCUT2D eigenvalue weighted by Gasteiger charge is 2.32. The number of benzene rings is 1. The number of pyridine rings is 2. The van der Waals surface area contributed by atoms with Gasteiger partial charge in [-0.3, -0.25) is 23.8 Å². The van der Waals surface area contributed by atoms with Crippen molar-refractivity contribution in [3.05, 3.63) is 84.2 Å². The molecule has 1 fully saturated rings. The van der Waals surface area contributed by atoms with Gasteiger partial charge in [0.2, 0.25) is 0 Å². The van der Waals surface area contributed by atoms with E-state index in [1.807, 2.05) is 18.2 Å². The number of amides is 1. The average Bonchev–Trinajstić information content (AvgIpc) is 3.59. The Labute approximate surface area is 239 Å². The molecule has 5 aromatic rings. The van der Waals surface area contributed by atoms with Gasteiger partial charge in [-0.15, -0.1) is 0 Å². The van der Waals surface area contributed by atoms with Gasteiger partial charge in [-0.05, 0) is 36.9 Å².